The third kappa shape index (κ3) is 4.87. The molecule has 2 rings (SSSR count). The molecule has 1 amide bonds. The van der Waals surface area contributed by atoms with Gasteiger partial charge in [0, 0.05) is 18.9 Å². The van der Waals surface area contributed by atoms with Crippen molar-refractivity contribution in [3.05, 3.63) is 35.4 Å². The highest BCUT2D eigenvalue weighted by molar-refractivity contribution is 7.99. The van der Waals surface area contributed by atoms with Gasteiger partial charge in [0.25, 0.3) is 0 Å². The van der Waals surface area contributed by atoms with E-state index in [9.17, 15) is 4.79 Å². The number of hydrogen-bond donors (Lipinski definition) is 1. The van der Waals surface area contributed by atoms with E-state index in [1.165, 1.54) is 0 Å². The van der Waals surface area contributed by atoms with Gasteiger partial charge in [-0.05, 0) is 30.5 Å². The number of carbonyl (C=O) groups is 1. The van der Waals surface area contributed by atoms with Crippen molar-refractivity contribution in [2.24, 2.45) is 0 Å². The van der Waals surface area contributed by atoms with Crippen molar-refractivity contribution in [1.29, 1.82) is 5.26 Å². The van der Waals surface area contributed by atoms with E-state index in [0.29, 0.717) is 17.9 Å². The van der Waals surface area contributed by atoms with Crippen molar-refractivity contribution in [2.75, 3.05) is 18.9 Å². The van der Waals surface area contributed by atoms with E-state index in [0.717, 1.165) is 30.8 Å². The van der Waals surface area contributed by atoms with Crippen LogP contribution in [0.5, 0.6) is 0 Å². The Morgan fingerprint density at radius 1 is 1.45 bits per heavy atom. The maximum absolute atomic E-state index is 11.7. The molecule has 0 aromatic heterocycles. The molecule has 5 heteroatoms. The first kappa shape index (κ1) is 14.9. The van der Waals surface area contributed by atoms with E-state index in [2.05, 4.69) is 11.4 Å². The standard InChI is InChI=1S/C15H18N2O2S/c16-8-12-3-5-13(6-4-12)10-20-11-15(18)17-9-14-2-1-7-19-14/h3-6,14H,1-2,7,9-11H2,(H,17,18). The molecule has 4 nitrogen and oxygen atoms in total. The van der Waals surface area contributed by atoms with Crippen molar-refractivity contribution < 1.29 is 9.53 Å². The molecule has 1 saturated heterocycles. The average Bonchev–Trinajstić information content (AvgIpc) is 2.99. The third-order valence-corrected chi connectivity index (χ3v) is 4.14. The summed E-state index contributed by atoms with van der Waals surface area (Å²) in [5.74, 6) is 1.28. The lowest BCUT2D eigenvalue weighted by molar-refractivity contribution is -0.119. The highest BCUT2D eigenvalue weighted by Crippen LogP contribution is 2.13. The number of thioether (sulfide) groups is 1. The normalized spacial score (nSPS) is 17.6. The monoisotopic (exact) mass is 290 g/mol. The van der Waals surface area contributed by atoms with Crippen LogP contribution in [0.25, 0.3) is 0 Å². The number of benzene rings is 1. The van der Waals surface area contributed by atoms with Gasteiger partial charge < -0.3 is 10.1 Å². The van der Waals surface area contributed by atoms with Gasteiger partial charge in [-0.15, -0.1) is 11.8 Å². The number of rotatable bonds is 6. The molecule has 1 aromatic rings. The second-order valence-electron chi connectivity index (χ2n) is 4.74. The highest BCUT2D eigenvalue weighted by atomic mass is 32.2. The van der Waals surface area contributed by atoms with E-state index in [1.807, 2.05) is 12.1 Å². The number of nitriles is 1. The Hall–Kier alpha value is -1.51. The second-order valence-corrected chi connectivity index (χ2v) is 5.73. The molecule has 0 bridgehead atoms. The SMILES string of the molecule is N#Cc1ccc(CSCC(=O)NCC2CCCO2)cc1. The maximum atomic E-state index is 11.7. The van der Waals surface area contributed by atoms with Gasteiger partial charge >= 0.3 is 0 Å². The first-order chi connectivity index (χ1) is 9.78. The van der Waals surface area contributed by atoms with Gasteiger partial charge in [0.05, 0.1) is 23.5 Å². The van der Waals surface area contributed by atoms with Crippen LogP contribution < -0.4 is 5.32 Å². The molecule has 0 saturated carbocycles. The van der Waals surface area contributed by atoms with Gasteiger partial charge in [-0.1, -0.05) is 12.1 Å². The van der Waals surface area contributed by atoms with E-state index < -0.39 is 0 Å². The van der Waals surface area contributed by atoms with E-state index in [1.54, 1.807) is 23.9 Å². The van der Waals surface area contributed by atoms with Crippen molar-refractivity contribution in [3.63, 3.8) is 0 Å². The summed E-state index contributed by atoms with van der Waals surface area (Å²) in [5, 5.41) is 11.6. The predicted molar refractivity (Wildman–Crippen MR) is 79.3 cm³/mol. The zero-order valence-electron chi connectivity index (χ0n) is 11.3. The van der Waals surface area contributed by atoms with E-state index in [4.69, 9.17) is 10.00 Å². The summed E-state index contributed by atoms with van der Waals surface area (Å²) < 4.78 is 5.45. The molecule has 1 unspecified atom stereocenters. The summed E-state index contributed by atoms with van der Waals surface area (Å²) in [7, 11) is 0. The molecule has 1 aliphatic heterocycles. The minimum Gasteiger partial charge on any atom is -0.376 e. The Kier molecular flexibility index (Phi) is 5.90. The largest absolute Gasteiger partial charge is 0.376 e. The summed E-state index contributed by atoms with van der Waals surface area (Å²) in [4.78, 5) is 11.7. The van der Waals surface area contributed by atoms with E-state index in [-0.39, 0.29) is 12.0 Å². The zero-order valence-corrected chi connectivity index (χ0v) is 12.1. The number of nitrogens with one attached hydrogen (secondary N) is 1. The molecular formula is C15H18N2O2S. The number of nitrogens with zero attached hydrogens (tertiary/aromatic N) is 1. The number of amides is 1. The summed E-state index contributed by atoms with van der Waals surface area (Å²) in [6.45, 7) is 1.43. The molecule has 1 heterocycles. The number of ether oxygens (including phenoxy) is 1. The van der Waals surface area contributed by atoms with Crippen LogP contribution >= 0.6 is 11.8 Å². The summed E-state index contributed by atoms with van der Waals surface area (Å²) in [6, 6.07) is 9.54. The van der Waals surface area contributed by atoms with Crippen LogP contribution in [-0.4, -0.2) is 30.9 Å². The molecule has 1 fully saturated rings. The van der Waals surface area contributed by atoms with Crippen LogP contribution in [0, 0.1) is 11.3 Å². The third-order valence-electron chi connectivity index (χ3n) is 3.14. The van der Waals surface area contributed by atoms with Gasteiger partial charge in [0.15, 0.2) is 0 Å². The van der Waals surface area contributed by atoms with Gasteiger partial charge in [0.1, 0.15) is 0 Å². The molecule has 1 atom stereocenters. The molecule has 20 heavy (non-hydrogen) atoms. The molecular weight excluding hydrogens is 272 g/mol. The van der Waals surface area contributed by atoms with Gasteiger partial charge in [0.2, 0.25) is 5.91 Å². The summed E-state index contributed by atoms with van der Waals surface area (Å²) in [6.07, 6.45) is 2.33. The predicted octanol–water partition coefficient (Wildman–Crippen LogP) is 2.09. The fourth-order valence-electron chi connectivity index (χ4n) is 2.02. The van der Waals surface area contributed by atoms with Crippen LogP contribution in [-0.2, 0) is 15.3 Å². The first-order valence-corrected chi connectivity index (χ1v) is 7.88. The lowest BCUT2D eigenvalue weighted by Crippen LogP contribution is -2.32. The van der Waals surface area contributed by atoms with Crippen LogP contribution in [0.1, 0.15) is 24.0 Å². The fraction of sp³-hybridized carbons (Fsp3) is 0.467. The molecule has 1 aromatic carbocycles. The Labute approximate surface area is 123 Å². The highest BCUT2D eigenvalue weighted by Gasteiger charge is 2.15. The Bertz CT molecular complexity index is 476. The van der Waals surface area contributed by atoms with Crippen LogP contribution in [0.2, 0.25) is 0 Å². The molecule has 0 radical (unpaired) electrons. The van der Waals surface area contributed by atoms with Crippen LogP contribution in [0.15, 0.2) is 24.3 Å². The Morgan fingerprint density at radius 3 is 2.90 bits per heavy atom. The van der Waals surface area contributed by atoms with Crippen molar-refractivity contribution >= 4 is 17.7 Å². The summed E-state index contributed by atoms with van der Waals surface area (Å²) >= 11 is 1.57. The average molecular weight is 290 g/mol. The summed E-state index contributed by atoms with van der Waals surface area (Å²) in [5.41, 5.74) is 1.79. The minimum atomic E-state index is 0.0548. The quantitative estimate of drug-likeness (QED) is 0.871. The van der Waals surface area contributed by atoms with Crippen molar-refractivity contribution in [2.45, 2.75) is 24.7 Å². The fourth-order valence-corrected chi connectivity index (χ4v) is 2.84. The number of carbonyl (C=O) groups excluding carboxylic acids is 1. The van der Waals surface area contributed by atoms with Crippen LogP contribution in [0.4, 0.5) is 0 Å². The molecule has 1 aliphatic rings. The smallest absolute Gasteiger partial charge is 0.230 e. The van der Waals surface area contributed by atoms with Crippen molar-refractivity contribution in [3.8, 4) is 6.07 Å². The minimum absolute atomic E-state index is 0.0548. The second kappa shape index (κ2) is 7.93. The topological polar surface area (TPSA) is 62.1 Å². The lowest BCUT2D eigenvalue weighted by Gasteiger charge is -2.10. The molecule has 106 valence electrons. The van der Waals surface area contributed by atoms with Gasteiger partial charge in [-0.3, -0.25) is 4.79 Å². The van der Waals surface area contributed by atoms with Gasteiger partial charge in [-0.2, -0.15) is 5.26 Å². The Morgan fingerprint density at radius 2 is 2.25 bits per heavy atom. The maximum Gasteiger partial charge on any atom is 0.230 e. The van der Waals surface area contributed by atoms with Gasteiger partial charge in [-0.25, -0.2) is 0 Å². The van der Waals surface area contributed by atoms with Crippen molar-refractivity contribution in [1.82, 2.24) is 5.32 Å². The molecule has 1 N–H and O–H groups in total. The zero-order chi connectivity index (χ0) is 14.2. The number of hydrogen-bond acceptors (Lipinski definition) is 4. The molecule has 0 aliphatic carbocycles. The van der Waals surface area contributed by atoms with Crippen LogP contribution in [0.3, 0.4) is 0 Å². The molecule has 0 spiro atoms. The van der Waals surface area contributed by atoms with E-state index >= 15 is 0 Å². The Balaban J connectivity index is 1.61. The lowest BCUT2D eigenvalue weighted by atomic mass is 10.2. The first-order valence-electron chi connectivity index (χ1n) is 6.73.